The lowest BCUT2D eigenvalue weighted by atomic mass is 9.95. The largest absolute Gasteiger partial charge is 0.493 e. The fraction of sp³-hybridized carbons (Fsp3) is 0.286. The number of carbonyl (C=O) groups is 1. The van der Waals surface area contributed by atoms with Gasteiger partial charge < -0.3 is 24.1 Å². The normalized spacial score (nSPS) is 10.8. The summed E-state index contributed by atoms with van der Waals surface area (Å²) in [4.78, 5) is 11.9. The molecule has 6 nitrogen and oxygen atoms in total. The first-order valence-corrected chi connectivity index (χ1v) is 8.70. The number of hydrogen-bond donors (Lipinski definition) is 1. The average molecular weight is 370 g/mol. The highest BCUT2D eigenvalue weighted by Crippen LogP contribution is 2.44. The number of carboxylic acids is 1. The van der Waals surface area contributed by atoms with Crippen LogP contribution < -0.4 is 18.9 Å². The monoisotopic (exact) mass is 370 g/mol. The smallest absolute Gasteiger partial charge is 0.336 e. The van der Waals surface area contributed by atoms with Gasteiger partial charge in [-0.1, -0.05) is 6.07 Å². The van der Waals surface area contributed by atoms with Crippen molar-refractivity contribution in [1.29, 1.82) is 0 Å². The Kier molecular flexibility index (Phi) is 5.26. The minimum atomic E-state index is -1.01. The minimum absolute atomic E-state index is 0.187. The van der Waals surface area contributed by atoms with E-state index >= 15 is 0 Å². The third-order valence-corrected chi connectivity index (χ3v) is 4.36. The number of hydrogen-bond acceptors (Lipinski definition) is 5. The van der Waals surface area contributed by atoms with E-state index < -0.39 is 5.97 Å². The fourth-order valence-corrected chi connectivity index (χ4v) is 3.25. The van der Waals surface area contributed by atoms with Crippen LogP contribution in [0.25, 0.3) is 21.5 Å². The maximum absolute atomic E-state index is 11.9. The quantitative estimate of drug-likeness (QED) is 0.617. The highest BCUT2D eigenvalue weighted by Gasteiger charge is 2.20. The molecule has 0 saturated heterocycles. The summed E-state index contributed by atoms with van der Waals surface area (Å²) in [5, 5.41) is 12.5. The van der Waals surface area contributed by atoms with E-state index in [1.54, 1.807) is 31.4 Å². The zero-order valence-corrected chi connectivity index (χ0v) is 15.8. The number of benzene rings is 3. The summed E-state index contributed by atoms with van der Waals surface area (Å²) in [6.07, 6.45) is 0. The number of carboxylic acid groups (broad SMARTS) is 1. The van der Waals surface area contributed by atoms with Crippen molar-refractivity contribution in [3.63, 3.8) is 0 Å². The number of rotatable bonds is 7. The molecule has 0 spiro atoms. The summed E-state index contributed by atoms with van der Waals surface area (Å²) in [5.41, 5.74) is 0.187. The van der Waals surface area contributed by atoms with E-state index in [9.17, 15) is 9.90 Å². The van der Waals surface area contributed by atoms with E-state index in [-0.39, 0.29) is 5.56 Å². The molecule has 27 heavy (non-hydrogen) atoms. The summed E-state index contributed by atoms with van der Waals surface area (Å²) < 4.78 is 22.4. The summed E-state index contributed by atoms with van der Waals surface area (Å²) in [5.74, 6) is 1.17. The molecule has 3 aromatic rings. The van der Waals surface area contributed by atoms with E-state index in [0.29, 0.717) is 47.0 Å². The van der Waals surface area contributed by atoms with Crippen LogP contribution in [0.4, 0.5) is 0 Å². The summed E-state index contributed by atoms with van der Waals surface area (Å²) >= 11 is 0. The predicted molar refractivity (Wildman–Crippen MR) is 104 cm³/mol. The lowest BCUT2D eigenvalue weighted by Gasteiger charge is -2.17. The molecule has 0 atom stereocenters. The molecule has 0 aliphatic carbocycles. The van der Waals surface area contributed by atoms with Gasteiger partial charge >= 0.3 is 5.97 Å². The first-order valence-electron chi connectivity index (χ1n) is 8.70. The highest BCUT2D eigenvalue weighted by atomic mass is 16.5. The fourth-order valence-electron chi connectivity index (χ4n) is 3.25. The van der Waals surface area contributed by atoms with Crippen LogP contribution in [0.3, 0.4) is 0 Å². The Labute approximate surface area is 157 Å². The number of fused-ring (bicyclic) bond motifs is 3. The molecular weight excluding hydrogens is 348 g/mol. The van der Waals surface area contributed by atoms with Gasteiger partial charge in [-0.15, -0.1) is 0 Å². The van der Waals surface area contributed by atoms with Gasteiger partial charge in [-0.05, 0) is 48.9 Å². The van der Waals surface area contributed by atoms with Crippen molar-refractivity contribution in [2.24, 2.45) is 0 Å². The molecule has 3 aromatic carbocycles. The van der Waals surface area contributed by atoms with Gasteiger partial charge in [0.2, 0.25) is 0 Å². The Hall–Kier alpha value is -3.15. The van der Waals surface area contributed by atoms with Crippen molar-refractivity contribution in [3.8, 4) is 23.0 Å². The predicted octanol–water partition coefficient (Wildman–Crippen LogP) is 4.51. The molecule has 1 N–H and O–H groups in total. The van der Waals surface area contributed by atoms with E-state index in [4.69, 9.17) is 18.9 Å². The molecule has 6 heteroatoms. The molecule has 0 saturated carbocycles. The van der Waals surface area contributed by atoms with E-state index in [1.165, 1.54) is 7.11 Å². The van der Waals surface area contributed by atoms with Crippen LogP contribution in [0, 0.1) is 0 Å². The minimum Gasteiger partial charge on any atom is -0.493 e. The van der Waals surface area contributed by atoms with Crippen molar-refractivity contribution in [3.05, 3.63) is 35.9 Å². The van der Waals surface area contributed by atoms with Crippen molar-refractivity contribution in [1.82, 2.24) is 0 Å². The molecular formula is C21H22O6. The van der Waals surface area contributed by atoms with E-state index in [1.807, 2.05) is 19.9 Å². The standard InChI is InChI=1S/C21H22O6/c1-5-26-18-11-14-13(10-17(18)25-4)15(21(22)23)9-12-7-8-16(24-3)20(19(12)14)27-6-2/h7-11H,5-6H2,1-4H3,(H,22,23). The van der Waals surface area contributed by atoms with Crippen LogP contribution in [0.15, 0.2) is 30.3 Å². The second kappa shape index (κ2) is 7.61. The molecule has 0 aliphatic heterocycles. The van der Waals surface area contributed by atoms with Crippen molar-refractivity contribution >= 4 is 27.5 Å². The molecule has 0 fully saturated rings. The highest BCUT2D eigenvalue weighted by molar-refractivity contribution is 6.18. The van der Waals surface area contributed by atoms with Gasteiger partial charge in [0, 0.05) is 10.8 Å². The number of methoxy groups -OCH3 is 2. The first kappa shape index (κ1) is 18.6. The average Bonchev–Trinajstić information content (AvgIpc) is 2.67. The Morgan fingerprint density at radius 2 is 1.56 bits per heavy atom. The van der Waals surface area contributed by atoms with Gasteiger partial charge in [0.15, 0.2) is 23.0 Å². The van der Waals surface area contributed by atoms with Gasteiger partial charge in [0.1, 0.15) is 0 Å². The van der Waals surface area contributed by atoms with Crippen molar-refractivity contribution in [2.45, 2.75) is 13.8 Å². The van der Waals surface area contributed by atoms with Crippen LogP contribution in [0.1, 0.15) is 24.2 Å². The van der Waals surface area contributed by atoms with Gasteiger partial charge in [-0.3, -0.25) is 0 Å². The van der Waals surface area contributed by atoms with Crippen LogP contribution in [0.5, 0.6) is 23.0 Å². The Morgan fingerprint density at radius 3 is 2.15 bits per heavy atom. The van der Waals surface area contributed by atoms with Crippen LogP contribution in [-0.2, 0) is 0 Å². The Balaban J connectivity index is 2.53. The number of aromatic carboxylic acids is 1. The van der Waals surface area contributed by atoms with Gasteiger partial charge in [0.25, 0.3) is 0 Å². The van der Waals surface area contributed by atoms with Gasteiger partial charge in [0.05, 0.1) is 33.0 Å². The Morgan fingerprint density at radius 1 is 0.889 bits per heavy atom. The second-order valence-electron chi connectivity index (χ2n) is 5.84. The lowest BCUT2D eigenvalue weighted by Crippen LogP contribution is -2.02. The zero-order valence-electron chi connectivity index (χ0n) is 15.8. The molecule has 0 heterocycles. The molecule has 0 radical (unpaired) electrons. The SMILES string of the molecule is CCOc1cc2c(cc1OC)c(C(=O)O)cc1ccc(OC)c(OCC)c12. The topological polar surface area (TPSA) is 74.2 Å². The molecule has 0 aliphatic rings. The first-order chi connectivity index (χ1) is 13.0. The summed E-state index contributed by atoms with van der Waals surface area (Å²) in [7, 11) is 3.10. The lowest BCUT2D eigenvalue weighted by molar-refractivity contribution is 0.0699. The second-order valence-corrected chi connectivity index (χ2v) is 5.84. The van der Waals surface area contributed by atoms with Crippen LogP contribution >= 0.6 is 0 Å². The van der Waals surface area contributed by atoms with Crippen LogP contribution in [-0.4, -0.2) is 38.5 Å². The third kappa shape index (κ3) is 3.18. The molecule has 0 bridgehead atoms. The zero-order chi connectivity index (χ0) is 19.6. The van der Waals surface area contributed by atoms with Crippen molar-refractivity contribution in [2.75, 3.05) is 27.4 Å². The van der Waals surface area contributed by atoms with E-state index in [0.717, 1.165) is 10.8 Å². The molecule has 0 amide bonds. The maximum atomic E-state index is 11.9. The van der Waals surface area contributed by atoms with Gasteiger partial charge in [-0.25, -0.2) is 4.79 Å². The molecule has 142 valence electrons. The van der Waals surface area contributed by atoms with E-state index in [2.05, 4.69) is 0 Å². The number of ether oxygens (including phenoxy) is 4. The molecule has 0 aromatic heterocycles. The molecule has 3 rings (SSSR count). The molecule has 0 unspecified atom stereocenters. The Bertz CT molecular complexity index is 1010. The van der Waals surface area contributed by atoms with Crippen LogP contribution in [0.2, 0.25) is 0 Å². The van der Waals surface area contributed by atoms with Crippen molar-refractivity contribution < 1.29 is 28.8 Å². The van der Waals surface area contributed by atoms with Gasteiger partial charge in [-0.2, -0.15) is 0 Å². The third-order valence-electron chi connectivity index (χ3n) is 4.36. The summed E-state index contributed by atoms with van der Waals surface area (Å²) in [6.45, 7) is 4.68. The summed E-state index contributed by atoms with van der Waals surface area (Å²) in [6, 6.07) is 8.74. The maximum Gasteiger partial charge on any atom is 0.336 e.